The van der Waals surface area contributed by atoms with E-state index in [0.717, 1.165) is 93.6 Å². The van der Waals surface area contributed by atoms with Gasteiger partial charge in [0.1, 0.15) is 18.1 Å². The molecule has 0 radical (unpaired) electrons. The number of hydrogen-bond acceptors (Lipinski definition) is 11. The molecule has 7 heterocycles. The van der Waals surface area contributed by atoms with Crippen molar-refractivity contribution in [3.63, 3.8) is 0 Å². The minimum Gasteiger partial charge on any atom is -0.370 e. The highest BCUT2D eigenvalue weighted by Gasteiger charge is 2.45. The fraction of sp³-hybridized carbons (Fsp3) is 0.476. The van der Waals surface area contributed by atoms with Crippen molar-refractivity contribution in [3.05, 3.63) is 76.9 Å². The van der Waals surface area contributed by atoms with Crippen LogP contribution in [0, 0.1) is 12.5 Å². The second kappa shape index (κ2) is 16.7. The van der Waals surface area contributed by atoms with Gasteiger partial charge < -0.3 is 24.9 Å². The lowest BCUT2D eigenvalue weighted by molar-refractivity contribution is -0.137. The Morgan fingerprint density at radius 2 is 1.48 bits per heavy atom. The molecule has 2 N–H and O–H groups in total. The monoisotopic (exact) mass is 844 g/mol. The number of pyridine rings is 2. The number of rotatable bonds is 9. The summed E-state index contributed by atoms with van der Waals surface area (Å²) >= 11 is 0. The van der Waals surface area contributed by atoms with Crippen molar-refractivity contribution >= 4 is 58.2 Å². The zero-order valence-corrected chi connectivity index (χ0v) is 33.2. The Morgan fingerprint density at radius 3 is 2.13 bits per heavy atom. The molecule has 4 saturated heterocycles. The summed E-state index contributed by atoms with van der Waals surface area (Å²) in [7, 11) is 0. The first-order valence-electron chi connectivity index (χ1n) is 20.4. The maximum atomic E-state index is 15.8. The third-order valence-corrected chi connectivity index (χ3v) is 12.6. The molecule has 1 atom stereocenters. The predicted molar refractivity (Wildman–Crippen MR) is 215 cm³/mol. The standard InChI is InChI=1S/C42H44F4N10O5/c1-47-36-32(42(44,45)46)23-29(25-49-36)54-16-11-41(43,12-17-54)40(61)50-34-6-3-28(24-48-34)53-14-9-26(10-15-53)8-13-52-18-20-55(21-19-52)27-2-4-30-31(22-27)39(60)56(38(30)59)33-5-7-35(57)51-37(33)58/h2-4,6,22-26,33H,5,7-21H2,(H,48,50,61)(H,51,57,58). The van der Waals surface area contributed by atoms with Crippen LogP contribution in [-0.2, 0) is 20.6 Å². The van der Waals surface area contributed by atoms with Gasteiger partial charge in [0.05, 0.1) is 34.3 Å². The van der Waals surface area contributed by atoms with Crippen molar-refractivity contribution in [3.8, 4) is 0 Å². The summed E-state index contributed by atoms with van der Waals surface area (Å²) in [5.74, 6) is -2.92. The van der Waals surface area contributed by atoms with Crippen LogP contribution >= 0.6 is 0 Å². The van der Waals surface area contributed by atoms with Gasteiger partial charge in [-0.25, -0.2) is 9.37 Å². The van der Waals surface area contributed by atoms with E-state index in [9.17, 15) is 37.1 Å². The molecular formula is C42H44F4N10O5. The fourth-order valence-electron chi connectivity index (χ4n) is 8.87. The average molecular weight is 845 g/mol. The highest BCUT2D eigenvalue weighted by molar-refractivity contribution is 6.23. The molecule has 3 aromatic rings. The van der Waals surface area contributed by atoms with Crippen LogP contribution in [-0.4, -0.2) is 120 Å². The number of nitrogens with one attached hydrogen (secondary N) is 2. The number of imide groups is 2. The van der Waals surface area contributed by atoms with Crippen LogP contribution < -0.4 is 25.3 Å². The van der Waals surface area contributed by atoms with Crippen LogP contribution in [0.15, 0.2) is 48.8 Å². The maximum Gasteiger partial charge on any atom is 0.409 e. The smallest absolute Gasteiger partial charge is 0.370 e. The lowest BCUT2D eigenvalue weighted by Gasteiger charge is -2.38. The molecule has 0 saturated carbocycles. The Balaban J connectivity index is 0.755. The third kappa shape index (κ3) is 8.58. The van der Waals surface area contributed by atoms with Crippen molar-refractivity contribution < 1.29 is 41.5 Å². The van der Waals surface area contributed by atoms with Crippen molar-refractivity contribution in [2.75, 3.05) is 78.9 Å². The van der Waals surface area contributed by atoms with Gasteiger partial charge in [-0.05, 0) is 74.5 Å². The summed E-state index contributed by atoms with van der Waals surface area (Å²) in [4.78, 5) is 83.7. The van der Waals surface area contributed by atoms with E-state index >= 15 is 4.39 Å². The van der Waals surface area contributed by atoms with Crippen LogP contribution in [0.2, 0.25) is 0 Å². The number of nitrogens with zero attached hydrogens (tertiary/aromatic N) is 8. The molecule has 61 heavy (non-hydrogen) atoms. The number of alkyl halides is 4. The number of amides is 5. The second-order valence-corrected chi connectivity index (χ2v) is 16.2. The number of fused-ring (bicyclic) bond motifs is 1. The number of carbonyl (C=O) groups excluding carboxylic acids is 5. The third-order valence-electron chi connectivity index (χ3n) is 12.6. The van der Waals surface area contributed by atoms with Gasteiger partial charge in [-0.1, -0.05) is 6.57 Å². The van der Waals surface area contributed by atoms with E-state index in [2.05, 4.69) is 40.1 Å². The van der Waals surface area contributed by atoms with Gasteiger partial charge in [-0.3, -0.25) is 39.1 Å². The molecule has 0 aliphatic carbocycles. The topological polar surface area (TPSA) is 156 Å². The van der Waals surface area contributed by atoms with Crippen molar-refractivity contribution in [1.29, 1.82) is 0 Å². The molecule has 15 nitrogen and oxygen atoms in total. The summed E-state index contributed by atoms with van der Waals surface area (Å²) in [5, 5.41) is 4.79. The normalized spacial score (nSPS) is 21.3. The number of halogens is 4. The van der Waals surface area contributed by atoms with Crippen molar-refractivity contribution in [2.45, 2.75) is 62.8 Å². The summed E-state index contributed by atoms with van der Waals surface area (Å²) in [6.45, 7) is 12.8. The van der Waals surface area contributed by atoms with E-state index in [4.69, 9.17) is 6.57 Å². The first kappa shape index (κ1) is 41.6. The minimum absolute atomic E-state index is 0.0128. The number of hydrogen-bond donors (Lipinski definition) is 2. The van der Waals surface area contributed by atoms with Gasteiger partial charge in [-0.15, -0.1) is 4.98 Å². The van der Waals surface area contributed by atoms with E-state index in [1.807, 2.05) is 12.1 Å². The zero-order chi connectivity index (χ0) is 43.1. The quantitative estimate of drug-likeness (QED) is 0.173. The van der Waals surface area contributed by atoms with Crippen LogP contribution in [0.25, 0.3) is 4.85 Å². The van der Waals surface area contributed by atoms with Gasteiger partial charge in [0.2, 0.25) is 11.8 Å². The Kier molecular flexibility index (Phi) is 11.4. The Labute approximate surface area is 348 Å². The summed E-state index contributed by atoms with van der Waals surface area (Å²) in [6.07, 6.45) is 0.826. The molecular weight excluding hydrogens is 801 g/mol. The van der Waals surface area contributed by atoms with E-state index in [1.54, 1.807) is 24.4 Å². The number of piperidine rings is 3. The molecule has 1 unspecified atom stereocenters. The molecule has 5 aliphatic heterocycles. The number of benzene rings is 1. The molecule has 8 rings (SSSR count). The number of aromatic nitrogens is 2. The molecule has 1 aromatic carbocycles. The molecule has 0 spiro atoms. The summed E-state index contributed by atoms with van der Waals surface area (Å²) in [6, 6.07) is 8.55. The van der Waals surface area contributed by atoms with Gasteiger partial charge in [0, 0.05) is 77.3 Å². The highest BCUT2D eigenvalue weighted by Crippen LogP contribution is 2.39. The molecule has 4 fully saturated rings. The van der Waals surface area contributed by atoms with Crippen LogP contribution in [0.5, 0.6) is 0 Å². The Hall–Kier alpha value is -6.16. The minimum atomic E-state index is -4.76. The molecule has 2 aromatic heterocycles. The summed E-state index contributed by atoms with van der Waals surface area (Å²) in [5.41, 5.74) is -0.995. The first-order chi connectivity index (χ1) is 29.2. The van der Waals surface area contributed by atoms with Crippen molar-refractivity contribution in [1.82, 2.24) is 25.1 Å². The largest absolute Gasteiger partial charge is 0.409 e. The second-order valence-electron chi connectivity index (χ2n) is 16.2. The molecule has 5 amide bonds. The van der Waals surface area contributed by atoms with Crippen LogP contribution in [0.4, 0.5) is 46.3 Å². The van der Waals surface area contributed by atoms with Gasteiger partial charge in [0.25, 0.3) is 23.5 Å². The zero-order valence-electron chi connectivity index (χ0n) is 33.2. The first-order valence-corrected chi connectivity index (χ1v) is 20.4. The predicted octanol–water partition coefficient (Wildman–Crippen LogP) is 4.82. The van der Waals surface area contributed by atoms with E-state index in [-0.39, 0.29) is 61.4 Å². The Morgan fingerprint density at radius 1 is 0.820 bits per heavy atom. The fourth-order valence-corrected chi connectivity index (χ4v) is 8.87. The average Bonchev–Trinajstić information content (AvgIpc) is 3.51. The van der Waals surface area contributed by atoms with E-state index < -0.39 is 58.8 Å². The van der Waals surface area contributed by atoms with Gasteiger partial charge >= 0.3 is 6.18 Å². The lowest BCUT2D eigenvalue weighted by Crippen LogP contribution is -2.54. The molecule has 5 aliphatic rings. The molecule has 320 valence electrons. The number of carbonyl (C=O) groups is 5. The lowest BCUT2D eigenvalue weighted by atomic mass is 9.92. The SMILES string of the molecule is [C-]#[N+]c1ncc(N2CCC(F)(C(=O)Nc3ccc(N4CCC(CCN5CCN(c6ccc7c(c6)C(=O)N(C6CCC(=O)NC6=O)C7=O)CC5)CC4)cn3)CC2)cc1C(F)(F)F. The van der Waals surface area contributed by atoms with E-state index in [0.29, 0.717) is 5.92 Å². The summed E-state index contributed by atoms with van der Waals surface area (Å²) < 4.78 is 56.1. The number of piperazine rings is 1. The highest BCUT2D eigenvalue weighted by atomic mass is 19.4. The Bertz CT molecular complexity index is 2260. The van der Waals surface area contributed by atoms with Crippen molar-refractivity contribution in [2.24, 2.45) is 5.92 Å². The van der Waals surface area contributed by atoms with Crippen LogP contribution in [0.1, 0.15) is 71.2 Å². The maximum absolute atomic E-state index is 15.8. The van der Waals surface area contributed by atoms with Gasteiger partial charge in [-0.2, -0.15) is 13.2 Å². The van der Waals surface area contributed by atoms with E-state index in [1.165, 1.54) is 4.90 Å². The molecule has 19 heteroatoms. The van der Waals surface area contributed by atoms with Crippen LogP contribution in [0.3, 0.4) is 0 Å². The van der Waals surface area contributed by atoms with Gasteiger partial charge in [0.15, 0.2) is 5.67 Å². The molecule has 0 bridgehead atoms. The number of anilines is 4.